The van der Waals surface area contributed by atoms with Gasteiger partial charge in [-0.25, -0.2) is 14.5 Å². The number of allylic oxidation sites excluding steroid dienone is 1. The Morgan fingerprint density at radius 2 is 1.48 bits per heavy atom. The molecule has 0 saturated carbocycles. The third-order valence-electron chi connectivity index (χ3n) is 3.06. The van der Waals surface area contributed by atoms with E-state index in [-0.39, 0.29) is 6.42 Å². The molecule has 1 aliphatic heterocycles. The molecule has 6 heteroatoms. The summed E-state index contributed by atoms with van der Waals surface area (Å²) in [6.07, 6.45) is -0.676. The van der Waals surface area contributed by atoms with Crippen LogP contribution in [0.3, 0.4) is 0 Å². The Morgan fingerprint density at radius 3 is 1.87 bits per heavy atom. The zero-order chi connectivity index (χ0) is 18.2. The molecule has 130 valence electrons. The zero-order valence-corrected chi connectivity index (χ0v) is 15.3. The van der Waals surface area contributed by atoms with Gasteiger partial charge in [-0.05, 0) is 55.4 Å². The van der Waals surface area contributed by atoms with Crippen LogP contribution in [0.2, 0.25) is 0 Å². The fourth-order valence-corrected chi connectivity index (χ4v) is 2.16. The molecule has 0 spiro atoms. The number of rotatable bonds is 1. The minimum atomic E-state index is -0.985. The van der Waals surface area contributed by atoms with Crippen molar-refractivity contribution in [1.29, 1.82) is 0 Å². The van der Waals surface area contributed by atoms with E-state index in [2.05, 4.69) is 0 Å². The number of likely N-dealkylation sites (tertiary alicyclic amines) is 1. The van der Waals surface area contributed by atoms with Gasteiger partial charge in [0.2, 0.25) is 0 Å². The van der Waals surface area contributed by atoms with Gasteiger partial charge in [-0.15, -0.1) is 0 Å². The summed E-state index contributed by atoms with van der Waals surface area (Å²) in [5.74, 6) is -1.09. The Labute approximate surface area is 137 Å². The molecule has 0 aromatic heterocycles. The number of esters is 1. The lowest BCUT2D eigenvalue weighted by molar-refractivity contribution is -0.161. The summed E-state index contributed by atoms with van der Waals surface area (Å²) in [6.45, 7) is 13.9. The minimum Gasteiger partial charge on any atom is -0.458 e. The fraction of sp³-hybridized carbons (Fsp3) is 0.706. The minimum absolute atomic E-state index is 0.148. The van der Waals surface area contributed by atoms with Gasteiger partial charge in [0, 0.05) is 12.0 Å². The van der Waals surface area contributed by atoms with E-state index in [4.69, 9.17) is 9.47 Å². The topological polar surface area (TPSA) is 72.9 Å². The second-order valence-corrected chi connectivity index (χ2v) is 7.89. The molecule has 0 radical (unpaired) electrons. The molecule has 1 saturated heterocycles. The number of ether oxygens (including phenoxy) is 2. The average molecular weight is 325 g/mol. The zero-order valence-electron chi connectivity index (χ0n) is 15.3. The molecule has 0 aliphatic carbocycles. The van der Waals surface area contributed by atoms with Crippen molar-refractivity contribution < 1.29 is 23.9 Å². The maximum Gasteiger partial charge on any atom is 0.418 e. The van der Waals surface area contributed by atoms with Crippen LogP contribution in [0.1, 0.15) is 61.8 Å². The smallest absolute Gasteiger partial charge is 0.418 e. The summed E-state index contributed by atoms with van der Waals surface area (Å²) in [5.41, 5.74) is -0.238. The van der Waals surface area contributed by atoms with Crippen molar-refractivity contribution in [2.45, 2.75) is 79.1 Å². The van der Waals surface area contributed by atoms with Crippen LogP contribution >= 0.6 is 0 Å². The normalized spacial score (nSPS) is 19.0. The molecule has 0 N–H and O–H groups in total. The van der Waals surface area contributed by atoms with Gasteiger partial charge in [-0.1, -0.05) is 5.57 Å². The highest BCUT2D eigenvalue weighted by Crippen LogP contribution is 2.30. The Balaban J connectivity index is 3.15. The molecule has 6 nitrogen and oxygen atoms in total. The van der Waals surface area contributed by atoms with Crippen molar-refractivity contribution in [3.8, 4) is 0 Å². The highest BCUT2D eigenvalue weighted by atomic mass is 16.6. The number of amides is 2. The molecule has 1 rings (SSSR count). The first-order chi connectivity index (χ1) is 10.2. The summed E-state index contributed by atoms with van der Waals surface area (Å²) in [5, 5.41) is 0. The first-order valence-electron chi connectivity index (χ1n) is 7.68. The number of imide groups is 1. The summed E-state index contributed by atoms with van der Waals surface area (Å²) >= 11 is 0. The van der Waals surface area contributed by atoms with E-state index in [1.807, 2.05) is 0 Å². The first-order valence-corrected chi connectivity index (χ1v) is 7.68. The molecule has 0 aromatic carbocycles. The van der Waals surface area contributed by atoms with E-state index in [0.29, 0.717) is 5.57 Å². The SMILES string of the molecule is CC(C)=C1C[C@H](C(=O)OC(C)(C)C)N(C(=O)OC(C)(C)C)C1=O. The van der Waals surface area contributed by atoms with E-state index < -0.39 is 35.2 Å². The lowest BCUT2D eigenvalue weighted by Crippen LogP contribution is -2.47. The predicted molar refractivity (Wildman–Crippen MR) is 85.7 cm³/mol. The van der Waals surface area contributed by atoms with Gasteiger partial charge in [0.05, 0.1) is 0 Å². The average Bonchev–Trinajstić information content (AvgIpc) is 2.62. The second-order valence-electron chi connectivity index (χ2n) is 7.89. The molecular weight excluding hydrogens is 298 g/mol. The van der Waals surface area contributed by atoms with Crippen molar-refractivity contribution in [2.24, 2.45) is 0 Å². The Morgan fingerprint density at radius 1 is 1.00 bits per heavy atom. The number of carbonyl (C=O) groups excluding carboxylic acids is 3. The van der Waals surface area contributed by atoms with Gasteiger partial charge in [0.15, 0.2) is 0 Å². The van der Waals surface area contributed by atoms with Gasteiger partial charge in [0.1, 0.15) is 17.2 Å². The van der Waals surface area contributed by atoms with Crippen LogP contribution < -0.4 is 0 Å². The molecule has 1 atom stereocenters. The van der Waals surface area contributed by atoms with E-state index in [1.165, 1.54) is 0 Å². The Kier molecular flexibility index (Phi) is 5.29. The van der Waals surface area contributed by atoms with Gasteiger partial charge in [-0.3, -0.25) is 4.79 Å². The predicted octanol–water partition coefficient (Wildman–Crippen LogP) is 3.20. The van der Waals surface area contributed by atoms with Crippen LogP contribution in [0.25, 0.3) is 0 Å². The Bertz CT molecular complexity index is 544. The van der Waals surface area contributed by atoms with Crippen LogP contribution in [0.5, 0.6) is 0 Å². The van der Waals surface area contributed by atoms with Crippen molar-refractivity contribution in [3.63, 3.8) is 0 Å². The third-order valence-corrected chi connectivity index (χ3v) is 3.06. The van der Waals surface area contributed by atoms with E-state index in [0.717, 1.165) is 10.5 Å². The summed E-state index contributed by atoms with van der Waals surface area (Å²) in [6, 6.07) is -0.985. The van der Waals surface area contributed by atoms with Crippen LogP contribution in [0.4, 0.5) is 4.79 Å². The highest BCUT2D eigenvalue weighted by Gasteiger charge is 2.47. The highest BCUT2D eigenvalue weighted by molar-refractivity contribution is 6.09. The molecule has 0 aromatic rings. The van der Waals surface area contributed by atoms with Crippen molar-refractivity contribution in [3.05, 3.63) is 11.1 Å². The molecular formula is C17H27NO5. The monoisotopic (exact) mass is 325 g/mol. The van der Waals surface area contributed by atoms with Crippen molar-refractivity contribution in [1.82, 2.24) is 4.90 Å². The van der Waals surface area contributed by atoms with Crippen LogP contribution in [0.15, 0.2) is 11.1 Å². The van der Waals surface area contributed by atoms with Crippen molar-refractivity contribution >= 4 is 18.0 Å². The van der Waals surface area contributed by atoms with E-state index >= 15 is 0 Å². The summed E-state index contributed by atoms with van der Waals surface area (Å²) in [4.78, 5) is 38.2. The van der Waals surface area contributed by atoms with Crippen LogP contribution in [-0.2, 0) is 19.1 Å². The lowest BCUT2D eigenvalue weighted by atomic mass is 10.1. The lowest BCUT2D eigenvalue weighted by Gasteiger charge is -2.28. The van der Waals surface area contributed by atoms with Gasteiger partial charge >= 0.3 is 12.1 Å². The molecule has 0 bridgehead atoms. The number of hydrogen-bond acceptors (Lipinski definition) is 5. The second kappa shape index (κ2) is 6.34. The number of carbonyl (C=O) groups is 3. The standard InChI is InChI=1S/C17H27NO5/c1-10(2)11-9-12(14(20)22-16(3,4)5)18(13(11)19)15(21)23-17(6,7)8/h12H,9H2,1-8H3/t12-/m1/s1. The summed E-state index contributed by atoms with van der Waals surface area (Å²) < 4.78 is 10.6. The molecule has 1 aliphatic rings. The molecule has 1 fully saturated rings. The van der Waals surface area contributed by atoms with Gasteiger partial charge < -0.3 is 9.47 Å². The quantitative estimate of drug-likeness (QED) is 0.547. The fourth-order valence-electron chi connectivity index (χ4n) is 2.16. The molecule has 2 amide bonds. The molecule has 0 unspecified atom stereocenters. The first kappa shape index (κ1) is 19.2. The van der Waals surface area contributed by atoms with E-state index in [1.54, 1.807) is 55.4 Å². The number of nitrogens with zero attached hydrogens (tertiary/aromatic N) is 1. The molecule has 1 heterocycles. The largest absolute Gasteiger partial charge is 0.458 e. The molecule has 23 heavy (non-hydrogen) atoms. The van der Waals surface area contributed by atoms with Crippen LogP contribution in [0, 0.1) is 0 Å². The van der Waals surface area contributed by atoms with Crippen molar-refractivity contribution in [2.75, 3.05) is 0 Å². The van der Waals surface area contributed by atoms with Gasteiger partial charge in [-0.2, -0.15) is 0 Å². The van der Waals surface area contributed by atoms with Crippen LogP contribution in [-0.4, -0.2) is 40.1 Å². The summed E-state index contributed by atoms with van der Waals surface area (Å²) in [7, 11) is 0. The number of hydrogen-bond donors (Lipinski definition) is 0. The third kappa shape index (κ3) is 5.08. The maximum absolute atomic E-state index is 12.5. The van der Waals surface area contributed by atoms with Gasteiger partial charge in [0.25, 0.3) is 5.91 Å². The Hall–Kier alpha value is -1.85. The maximum atomic E-state index is 12.5. The van der Waals surface area contributed by atoms with E-state index in [9.17, 15) is 14.4 Å².